The highest BCUT2D eigenvalue weighted by Crippen LogP contribution is 1.93. The smallest absolute Gasteiger partial charge is 0.417 e. The quantitative estimate of drug-likeness (QED) is 0.534. The first kappa shape index (κ1) is 8.21. The van der Waals surface area contributed by atoms with E-state index < -0.39 is 0 Å². The molecule has 0 bridgehead atoms. The molecule has 0 aliphatic carbocycles. The average molecular weight is 127 g/mol. The van der Waals surface area contributed by atoms with E-state index >= 15 is 0 Å². The molecule has 2 heteroatoms. The van der Waals surface area contributed by atoms with E-state index in [9.17, 15) is 4.79 Å². The maximum Gasteiger partial charge on any atom is 0.417 e. The van der Waals surface area contributed by atoms with Gasteiger partial charge in [-0.15, -0.1) is 0 Å². The van der Waals surface area contributed by atoms with Gasteiger partial charge in [0.2, 0.25) is 0 Å². The monoisotopic (exact) mass is 127 g/mol. The molecule has 0 atom stereocenters. The van der Waals surface area contributed by atoms with E-state index in [1.54, 1.807) is 0 Å². The Hall–Kier alpha value is -0.790. The minimum Gasteiger partial charge on any atom is -0.453 e. The van der Waals surface area contributed by atoms with Gasteiger partial charge in [0.15, 0.2) is 0 Å². The lowest BCUT2D eigenvalue weighted by Gasteiger charge is -1.94. The second-order valence-electron chi connectivity index (χ2n) is 1.83. The second kappa shape index (κ2) is 5.35. The summed E-state index contributed by atoms with van der Waals surface area (Å²) in [6, 6.07) is 0. The first-order chi connectivity index (χ1) is 4.31. The molecule has 0 spiro atoms. The lowest BCUT2D eigenvalue weighted by Crippen LogP contribution is -1.91. The molecular weight excluding hydrogens is 116 g/mol. The fourth-order valence-electron chi connectivity index (χ4n) is 0.551. The van der Waals surface area contributed by atoms with Crippen molar-refractivity contribution < 1.29 is 9.53 Å². The van der Waals surface area contributed by atoms with Crippen LogP contribution in [-0.2, 0) is 9.53 Å². The number of ether oxygens (including phenoxy) is 1. The van der Waals surface area contributed by atoms with Crippen LogP contribution < -0.4 is 0 Å². The van der Waals surface area contributed by atoms with Gasteiger partial charge in [-0.25, -0.2) is 4.79 Å². The minimum absolute atomic E-state index is 0.372. The maximum absolute atomic E-state index is 9.54. The molecule has 0 aromatic rings. The van der Waals surface area contributed by atoms with E-state index in [-0.39, 0.29) is 0 Å². The molecule has 0 amide bonds. The molecule has 0 aromatic heterocycles. The van der Waals surface area contributed by atoms with Crippen molar-refractivity contribution in [1.82, 2.24) is 0 Å². The van der Waals surface area contributed by atoms with Crippen LogP contribution in [0.25, 0.3) is 0 Å². The topological polar surface area (TPSA) is 26.3 Å². The third-order valence-corrected chi connectivity index (χ3v) is 0.911. The van der Waals surface area contributed by atoms with E-state index in [1.165, 1.54) is 6.47 Å². The van der Waals surface area contributed by atoms with Gasteiger partial charge in [-0.3, -0.25) is 0 Å². The van der Waals surface area contributed by atoms with E-state index in [0.717, 1.165) is 12.0 Å². The van der Waals surface area contributed by atoms with Crippen molar-refractivity contribution in [1.29, 1.82) is 0 Å². The zero-order valence-corrected chi connectivity index (χ0v) is 5.81. The molecule has 0 N–H and O–H groups in total. The van der Waals surface area contributed by atoms with Gasteiger partial charge in [0.05, 0.1) is 0 Å². The normalized spacial score (nSPS) is 11.1. The molecule has 0 aliphatic rings. The number of carbonyl (C=O) groups excluding carboxylic acids is 1. The average Bonchev–Trinajstić information content (AvgIpc) is 1.85. The Bertz CT molecular complexity index is 105. The van der Waals surface area contributed by atoms with E-state index in [2.05, 4.69) is 4.74 Å². The largest absolute Gasteiger partial charge is 0.453 e. The Morgan fingerprint density at radius 1 is 1.78 bits per heavy atom. The summed E-state index contributed by atoms with van der Waals surface area (Å²) in [6.45, 7) is 5.69. The highest BCUT2D eigenvalue weighted by Gasteiger charge is 1.86. The molecule has 0 aromatic carbocycles. The molecule has 1 radical (unpaired) electrons. The van der Waals surface area contributed by atoms with Gasteiger partial charge in [0.1, 0.15) is 6.61 Å². The molecular formula is C7H11O2. The van der Waals surface area contributed by atoms with Crippen LogP contribution in [0, 0.1) is 0 Å². The number of hydrogen-bond donors (Lipinski definition) is 0. The Morgan fingerprint density at radius 2 is 2.44 bits per heavy atom. The molecule has 51 valence electrons. The molecule has 9 heavy (non-hydrogen) atoms. The Labute approximate surface area is 55.5 Å². The van der Waals surface area contributed by atoms with Crippen LogP contribution in [-0.4, -0.2) is 13.1 Å². The standard InChI is InChI=1S/C7H11O2/c1-3-4-7(2)5-9-6-8/h4H,3,5H2,1-2H3. The highest BCUT2D eigenvalue weighted by molar-refractivity contribution is 5.38. The lowest BCUT2D eigenvalue weighted by atomic mass is 10.3. The van der Waals surface area contributed by atoms with Crippen LogP contribution in [0.1, 0.15) is 20.3 Å². The van der Waals surface area contributed by atoms with E-state index in [1.807, 2.05) is 19.9 Å². The van der Waals surface area contributed by atoms with Crippen molar-refractivity contribution in [3.05, 3.63) is 11.6 Å². The van der Waals surface area contributed by atoms with Gasteiger partial charge in [-0.05, 0) is 18.9 Å². The van der Waals surface area contributed by atoms with E-state index in [0.29, 0.717) is 6.61 Å². The van der Waals surface area contributed by atoms with Crippen LogP contribution in [0.3, 0.4) is 0 Å². The van der Waals surface area contributed by atoms with Crippen LogP contribution in [0.4, 0.5) is 0 Å². The van der Waals surface area contributed by atoms with Crippen LogP contribution >= 0.6 is 0 Å². The Balaban J connectivity index is 3.36. The molecule has 0 unspecified atom stereocenters. The fraction of sp³-hybridized carbons (Fsp3) is 0.571. The highest BCUT2D eigenvalue weighted by atomic mass is 16.5. The molecule has 0 rings (SSSR count). The lowest BCUT2D eigenvalue weighted by molar-refractivity contribution is 0.305. The Morgan fingerprint density at radius 3 is 2.89 bits per heavy atom. The summed E-state index contributed by atoms with van der Waals surface area (Å²) in [5, 5.41) is 0. The predicted molar refractivity (Wildman–Crippen MR) is 35.7 cm³/mol. The SMILES string of the molecule is CCC=C(C)CO[C]=O. The van der Waals surface area contributed by atoms with Crippen molar-refractivity contribution in [2.75, 3.05) is 6.61 Å². The van der Waals surface area contributed by atoms with Crippen LogP contribution in [0.2, 0.25) is 0 Å². The summed E-state index contributed by atoms with van der Waals surface area (Å²) in [5.41, 5.74) is 1.07. The Kier molecular flexibility index (Phi) is 4.88. The predicted octanol–water partition coefficient (Wildman–Crippen LogP) is 1.43. The van der Waals surface area contributed by atoms with Crippen molar-refractivity contribution in [3.63, 3.8) is 0 Å². The van der Waals surface area contributed by atoms with Crippen molar-refractivity contribution >= 4 is 6.47 Å². The summed E-state index contributed by atoms with van der Waals surface area (Å²) >= 11 is 0. The minimum atomic E-state index is 0.372. The molecule has 0 saturated carbocycles. The maximum atomic E-state index is 9.54. The van der Waals surface area contributed by atoms with Crippen molar-refractivity contribution in [2.24, 2.45) is 0 Å². The first-order valence-electron chi connectivity index (χ1n) is 2.95. The molecule has 0 saturated heterocycles. The molecule has 0 heterocycles. The summed E-state index contributed by atoms with van der Waals surface area (Å²) in [5.74, 6) is 0. The number of hydrogen-bond acceptors (Lipinski definition) is 2. The van der Waals surface area contributed by atoms with Crippen molar-refractivity contribution in [2.45, 2.75) is 20.3 Å². The zero-order chi connectivity index (χ0) is 7.11. The van der Waals surface area contributed by atoms with Crippen LogP contribution in [0.15, 0.2) is 11.6 Å². The third kappa shape index (κ3) is 5.07. The van der Waals surface area contributed by atoms with E-state index in [4.69, 9.17) is 0 Å². The molecule has 0 fully saturated rings. The third-order valence-electron chi connectivity index (χ3n) is 0.911. The summed E-state index contributed by atoms with van der Waals surface area (Å²) < 4.78 is 4.37. The van der Waals surface area contributed by atoms with Crippen molar-refractivity contribution in [3.8, 4) is 0 Å². The van der Waals surface area contributed by atoms with Crippen LogP contribution in [0.5, 0.6) is 0 Å². The van der Waals surface area contributed by atoms with Gasteiger partial charge in [0, 0.05) is 0 Å². The summed E-state index contributed by atoms with van der Waals surface area (Å²) in [4.78, 5) is 9.54. The van der Waals surface area contributed by atoms with Gasteiger partial charge in [0.25, 0.3) is 0 Å². The van der Waals surface area contributed by atoms with Gasteiger partial charge >= 0.3 is 6.47 Å². The molecule has 0 aliphatic heterocycles. The summed E-state index contributed by atoms with van der Waals surface area (Å²) in [6.07, 6.45) is 2.99. The number of allylic oxidation sites excluding steroid dienone is 1. The summed E-state index contributed by atoms with van der Waals surface area (Å²) in [7, 11) is 0. The van der Waals surface area contributed by atoms with Gasteiger partial charge in [-0.1, -0.05) is 13.0 Å². The fourth-order valence-corrected chi connectivity index (χ4v) is 0.551. The number of rotatable bonds is 4. The first-order valence-corrected chi connectivity index (χ1v) is 2.95. The van der Waals surface area contributed by atoms with Gasteiger partial charge in [-0.2, -0.15) is 0 Å². The zero-order valence-electron chi connectivity index (χ0n) is 5.81. The second-order valence-corrected chi connectivity index (χ2v) is 1.83. The van der Waals surface area contributed by atoms with Gasteiger partial charge < -0.3 is 4.74 Å². The molecule has 2 nitrogen and oxygen atoms in total.